The number of hydrogen-bond acceptors (Lipinski definition) is 6. The minimum atomic E-state index is -0.776. The van der Waals surface area contributed by atoms with Crippen molar-refractivity contribution in [3.63, 3.8) is 0 Å². The largest absolute Gasteiger partial charge is 0.462 e. The van der Waals surface area contributed by atoms with Gasteiger partial charge in [0.25, 0.3) is 0 Å². The second-order valence-electron chi connectivity index (χ2n) is 24.9. The van der Waals surface area contributed by atoms with Crippen LogP contribution in [0.1, 0.15) is 406 Å². The van der Waals surface area contributed by atoms with E-state index in [4.69, 9.17) is 14.2 Å². The third kappa shape index (κ3) is 68.3. The number of ether oxygens (including phenoxy) is 3. The SMILES string of the molecule is CCCC/C=C\C/C=C\CCCCCCCC(=O)OC(COC(=O)CCCCCCCCCCCCCCCC)COC(=O)CCCCCCCCCCCCCCCCCCCCCCCCC/C=C\CCCCCCCCCC. The van der Waals surface area contributed by atoms with Crippen molar-refractivity contribution in [2.75, 3.05) is 13.2 Å². The fourth-order valence-corrected chi connectivity index (χ4v) is 11.1. The summed E-state index contributed by atoms with van der Waals surface area (Å²) in [5.41, 5.74) is 0. The number of carbonyl (C=O) groups excluding carboxylic acids is 3. The van der Waals surface area contributed by atoms with Crippen LogP contribution in [0.15, 0.2) is 36.5 Å². The molecule has 0 N–H and O–H groups in total. The summed E-state index contributed by atoms with van der Waals surface area (Å²) in [7, 11) is 0. The highest BCUT2D eigenvalue weighted by Gasteiger charge is 2.19. The van der Waals surface area contributed by atoms with Crippen molar-refractivity contribution in [3.8, 4) is 0 Å². The number of unbranched alkanes of at least 4 members (excludes halogenated alkanes) is 51. The summed E-state index contributed by atoms with van der Waals surface area (Å²) in [6, 6.07) is 0. The summed E-state index contributed by atoms with van der Waals surface area (Å²) in [5, 5.41) is 0. The van der Waals surface area contributed by atoms with Gasteiger partial charge in [-0.3, -0.25) is 14.4 Å². The molecule has 0 radical (unpaired) electrons. The van der Waals surface area contributed by atoms with Crippen molar-refractivity contribution in [2.24, 2.45) is 0 Å². The lowest BCUT2D eigenvalue weighted by atomic mass is 10.0. The summed E-state index contributed by atoms with van der Waals surface area (Å²) in [5.74, 6) is -0.859. The van der Waals surface area contributed by atoms with Crippen LogP contribution in [0.3, 0.4) is 0 Å². The van der Waals surface area contributed by atoms with Crippen LogP contribution >= 0.6 is 0 Å². The number of carbonyl (C=O) groups is 3. The van der Waals surface area contributed by atoms with Crippen LogP contribution in [-0.4, -0.2) is 37.2 Å². The predicted molar refractivity (Wildman–Crippen MR) is 353 cm³/mol. The highest BCUT2D eigenvalue weighted by atomic mass is 16.6. The Hall–Kier alpha value is -2.37. The van der Waals surface area contributed by atoms with Crippen molar-refractivity contribution >= 4 is 17.9 Å². The minimum Gasteiger partial charge on any atom is -0.462 e. The molecular weight excluding hydrogens is 997 g/mol. The number of rotatable bonds is 68. The molecule has 1 atom stereocenters. The van der Waals surface area contributed by atoms with Crippen LogP contribution < -0.4 is 0 Å². The van der Waals surface area contributed by atoms with E-state index in [1.807, 2.05) is 0 Å². The fraction of sp³-hybridized carbons (Fsp3) is 0.880. The second kappa shape index (κ2) is 70.1. The van der Waals surface area contributed by atoms with Crippen molar-refractivity contribution in [1.82, 2.24) is 0 Å². The molecule has 476 valence electrons. The quantitative estimate of drug-likeness (QED) is 0.0261. The Morgan fingerprint density at radius 3 is 0.728 bits per heavy atom. The van der Waals surface area contributed by atoms with Crippen molar-refractivity contribution in [3.05, 3.63) is 36.5 Å². The zero-order valence-electron chi connectivity index (χ0n) is 54.8. The first-order valence-corrected chi connectivity index (χ1v) is 36.5. The molecule has 6 heteroatoms. The highest BCUT2D eigenvalue weighted by molar-refractivity contribution is 5.71. The van der Waals surface area contributed by atoms with Crippen LogP contribution in [0.5, 0.6) is 0 Å². The molecule has 0 aliphatic rings. The molecule has 0 aliphatic heterocycles. The molecule has 0 aromatic carbocycles. The smallest absolute Gasteiger partial charge is 0.306 e. The van der Waals surface area contributed by atoms with E-state index in [-0.39, 0.29) is 31.1 Å². The Bertz CT molecular complexity index is 1350. The molecule has 0 fully saturated rings. The van der Waals surface area contributed by atoms with Gasteiger partial charge in [0.1, 0.15) is 13.2 Å². The monoisotopic (exact) mass is 1140 g/mol. The van der Waals surface area contributed by atoms with E-state index in [9.17, 15) is 14.4 Å². The molecular formula is C75H140O6. The molecule has 0 spiro atoms. The van der Waals surface area contributed by atoms with Crippen LogP contribution in [0.4, 0.5) is 0 Å². The van der Waals surface area contributed by atoms with Gasteiger partial charge in [0.15, 0.2) is 6.10 Å². The summed E-state index contributed by atoms with van der Waals surface area (Å²) in [6.07, 6.45) is 87.8. The maximum absolute atomic E-state index is 12.9. The molecule has 0 saturated carbocycles. The summed E-state index contributed by atoms with van der Waals surface area (Å²) in [4.78, 5) is 38.3. The van der Waals surface area contributed by atoms with E-state index in [0.29, 0.717) is 19.3 Å². The van der Waals surface area contributed by atoms with Crippen LogP contribution in [0.25, 0.3) is 0 Å². The van der Waals surface area contributed by atoms with E-state index < -0.39 is 6.10 Å². The topological polar surface area (TPSA) is 78.9 Å². The van der Waals surface area contributed by atoms with E-state index in [1.54, 1.807) is 0 Å². The third-order valence-corrected chi connectivity index (χ3v) is 16.6. The maximum atomic E-state index is 12.9. The first-order chi connectivity index (χ1) is 40.0. The van der Waals surface area contributed by atoms with E-state index in [1.165, 1.54) is 283 Å². The van der Waals surface area contributed by atoms with Gasteiger partial charge in [-0.1, -0.05) is 353 Å². The first-order valence-electron chi connectivity index (χ1n) is 36.5. The molecule has 0 saturated heterocycles. The minimum absolute atomic E-state index is 0.0721. The lowest BCUT2D eigenvalue weighted by Crippen LogP contribution is -2.30. The number of allylic oxidation sites excluding steroid dienone is 6. The molecule has 0 aromatic rings. The Kier molecular flexibility index (Phi) is 68.1. The van der Waals surface area contributed by atoms with Crippen LogP contribution in [0.2, 0.25) is 0 Å². The summed E-state index contributed by atoms with van der Waals surface area (Å²) >= 11 is 0. The number of esters is 3. The van der Waals surface area contributed by atoms with E-state index in [2.05, 4.69) is 57.2 Å². The number of hydrogen-bond donors (Lipinski definition) is 0. The van der Waals surface area contributed by atoms with Gasteiger partial charge in [0, 0.05) is 19.3 Å². The summed E-state index contributed by atoms with van der Waals surface area (Å²) < 4.78 is 17.0. The third-order valence-electron chi connectivity index (χ3n) is 16.6. The van der Waals surface area contributed by atoms with Gasteiger partial charge in [0.2, 0.25) is 0 Å². The van der Waals surface area contributed by atoms with Crippen LogP contribution in [-0.2, 0) is 28.6 Å². The second-order valence-corrected chi connectivity index (χ2v) is 24.9. The van der Waals surface area contributed by atoms with Gasteiger partial charge in [-0.15, -0.1) is 0 Å². The Balaban J connectivity index is 4.04. The predicted octanol–water partition coefficient (Wildman–Crippen LogP) is 25.1. The Morgan fingerprint density at radius 1 is 0.247 bits per heavy atom. The van der Waals surface area contributed by atoms with Gasteiger partial charge in [-0.05, 0) is 70.6 Å². The maximum Gasteiger partial charge on any atom is 0.306 e. The summed E-state index contributed by atoms with van der Waals surface area (Å²) in [6.45, 7) is 6.65. The first kappa shape index (κ1) is 78.6. The van der Waals surface area contributed by atoms with Gasteiger partial charge in [0.05, 0.1) is 0 Å². The Morgan fingerprint density at radius 2 is 0.457 bits per heavy atom. The lowest BCUT2D eigenvalue weighted by molar-refractivity contribution is -0.167. The fourth-order valence-electron chi connectivity index (χ4n) is 11.1. The molecule has 0 heterocycles. The van der Waals surface area contributed by atoms with E-state index >= 15 is 0 Å². The van der Waals surface area contributed by atoms with Crippen molar-refractivity contribution < 1.29 is 28.6 Å². The molecule has 0 aromatic heterocycles. The van der Waals surface area contributed by atoms with Gasteiger partial charge < -0.3 is 14.2 Å². The molecule has 0 amide bonds. The average Bonchev–Trinajstić information content (AvgIpc) is 3.47. The molecule has 0 rings (SSSR count). The molecule has 6 nitrogen and oxygen atoms in total. The normalized spacial score (nSPS) is 12.2. The average molecular weight is 1140 g/mol. The van der Waals surface area contributed by atoms with Crippen molar-refractivity contribution in [2.45, 2.75) is 412 Å². The van der Waals surface area contributed by atoms with E-state index in [0.717, 1.165) is 83.5 Å². The van der Waals surface area contributed by atoms with Crippen molar-refractivity contribution in [1.29, 1.82) is 0 Å². The zero-order valence-corrected chi connectivity index (χ0v) is 54.8. The van der Waals surface area contributed by atoms with Gasteiger partial charge in [-0.2, -0.15) is 0 Å². The molecule has 1 unspecified atom stereocenters. The lowest BCUT2D eigenvalue weighted by Gasteiger charge is -2.18. The van der Waals surface area contributed by atoms with Gasteiger partial charge in [-0.25, -0.2) is 0 Å². The molecule has 0 bridgehead atoms. The van der Waals surface area contributed by atoms with Crippen LogP contribution in [0, 0.1) is 0 Å². The standard InChI is InChI=1S/C75H140O6/c1-4-7-10-13-16-19-22-25-28-29-30-31-32-33-34-35-36-37-38-39-40-41-42-43-44-45-46-47-48-51-53-56-59-62-65-68-74(77)80-71-72(81-75(78)69-66-63-60-57-54-50-27-24-21-18-15-12-9-6-3)70-79-73(76)67-64-61-58-55-52-49-26-23-20-17-14-11-8-5-2/h15,18,24,27,29-30,72H,4-14,16-17,19-23,25-26,28,31-71H2,1-3H3/b18-15-,27-24-,30-29-. The Labute approximate surface area is 506 Å². The molecule has 81 heavy (non-hydrogen) atoms. The van der Waals surface area contributed by atoms with Gasteiger partial charge >= 0.3 is 17.9 Å². The zero-order chi connectivity index (χ0) is 58.5. The highest BCUT2D eigenvalue weighted by Crippen LogP contribution is 2.19. The molecule has 0 aliphatic carbocycles.